The molecule has 1 aliphatic carbocycles. The molecular weight excluding hydrogens is 446 g/mol. The normalized spacial score (nSPS) is 17.5. The molecule has 0 amide bonds. The minimum Gasteiger partial charge on any atom is -0.508 e. The third-order valence-corrected chi connectivity index (χ3v) is 7.05. The average Bonchev–Trinajstić information content (AvgIpc) is 2.77. The molecule has 8 heteroatoms. The van der Waals surface area contributed by atoms with Crippen LogP contribution in [0.4, 0.5) is 5.82 Å². The number of ketones is 1. The Morgan fingerprint density at radius 2 is 1.97 bits per heavy atom. The molecule has 1 aromatic heterocycles. The first-order valence-electron chi connectivity index (χ1n) is 10.3. The van der Waals surface area contributed by atoms with Crippen molar-refractivity contribution >= 4 is 35.0 Å². The maximum Gasteiger partial charge on any atom is 0.257 e. The van der Waals surface area contributed by atoms with Gasteiger partial charge in [0.2, 0.25) is 0 Å². The number of fused-ring (bicyclic) bond motifs is 1. The number of allylic oxidation sites excluding steroid dienone is 2. The molecule has 2 aromatic carbocycles. The van der Waals surface area contributed by atoms with Crippen molar-refractivity contribution in [1.82, 2.24) is 9.97 Å². The van der Waals surface area contributed by atoms with Crippen LogP contribution in [0.15, 0.2) is 69.8 Å². The fourth-order valence-corrected chi connectivity index (χ4v) is 5.45. The number of aromatic hydroxyl groups is 1. The van der Waals surface area contributed by atoms with Crippen molar-refractivity contribution < 1.29 is 9.90 Å². The van der Waals surface area contributed by atoms with Gasteiger partial charge in [0.25, 0.3) is 5.56 Å². The highest BCUT2D eigenvalue weighted by Gasteiger charge is 2.37. The molecule has 0 saturated carbocycles. The number of H-pyrrole nitrogens is 1. The quantitative estimate of drug-likeness (QED) is 0.371. The highest BCUT2D eigenvalue weighted by atomic mass is 35.5. The number of hydrogen-bond donors (Lipinski definition) is 3. The minimum absolute atomic E-state index is 0.0225. The molecule has 0 bridgehead atoms. The monoisotopic (exact) mass is 465 g/mol. The number of hydrogen-bond acceptors (Lipinski definition) is 6. The number of rotatable bonds is 4. The molecule has 5 rings (SSSR count). The van der Waals surface area contributed by atoms with Crippen molar-refractivity contribution in [1.29, 1.82) is 0 Å². The molecule has 2 aliphatic rings. The number of Topliss-reactive ketones (excluding diaryl/α,β-unsaturated/α-hetero) is 1. The van der Waals surface area contributed by atoms with Crippen LogP contribution >= 0.6 is 23.4 Å². The average molecular weight is 466 g/mol. The van der Waals surface area contributed by atoms with Crippen LogP contribution in [-0.4, -0.2) is 20.9 Å². The number of halogens is 1. The Balaban J connectivity index is 1.57. The Hall–Kier alpha value is -3.03. The van der Waals surface area contributed by atoms with Crippen molar-refractivity contribution in [2.24, 2.45) is 0 Å². The molecule has 32 heavy (non-hydrogen) atoms. The van der Waals surface area contributed by atoms with Crippen molar-refractivity contribution in [2.45, 2.75) is 36.1 Å². The second-order valence-electron chi connectivity index (χ2n) is 7.84. The van der Waals surface area contributed by atoms with Gasteiger partial charge in [-0.2, -0.15) is 0 Å². The molecule has 0 saturated heterocycles. The van der Waals surface area contributed by atoms with Gasteiger partial charge < -0.3 is 15.4 Å². The van der Waals surface area contributed by atoms with Crippen LogP contribution in [0.25, 0.3) is 0 Å². The third kappa shape index (κ3) is 3.82. The van der Waals surface area contributed by atoms with Gasteiger partial charge >= 0.3 is 0 Å². The number of phenols is 1. The van der Waals surface area contributed by atoms with Crippen LogP contribution in [0.3, 0.4) is 0 Å². The zero-order valence-electron chi connectivity index (χ0n) is 17.0. The number of carbonyl (C=O) groups excluding carboxylic acids is 1. The Bertz CT molecular complexity index is 1320. The molecule has 0 spiro atoms. The Labute approximate surface area is 193 Å². The van der Waals surface area contributed by atoms with Gasteiger partial charge in [0.05, 0.1) is 5.56 Å². The number of anilines is 1. The number of benzene rings is 2. The molecule has 0 fully saturated rings. The summed E-state index contributed by atoms with van der Waals surface area (Å²) in [4.78, 5) is 33.7. The van der Waals surface area contributed by atoms with Crippen molar-refractivity contribution in [2.75, 3.05) is 5.32 Å². The topological polar surface area (TPSA) is 95.1 Å². The second-order valence-corrected chi connectivity index (χ2v) is 9.21. The molecule has 1 aliphatic heterocycles. The highest BCUT2D eigenvalue weighted by molar-refractivity contribution is 7.98. The summed E-state index contributed by atoms with van der Waals surface area (Å²) >= 11 is 7.64. The first-order chi connectivity index (χ1) is 15.5. The van der Waals surface area contributed by atoms with E-state index in [0.717, 1.165) is 17.7 Å². The molecular formula is C24H20ClN3O3S. The van der Waals surface area contributed by atoms with Crippen LogP contribution in [0.5, 0.6) is 5.75 Å². The number of phenolic OH excluding ortho intramolecular Hbond substituents is 1. The van der Waals surface area contributed by atoms with Gasteiger partial charge in [-0.05, 0) is 42.2 Å². The van der Waals surface area contributed by atoms with Gasteiger partial charge in [0, 0.05) is 34.4 Å². The fraction of sp³-hybridized carbons (Fsp3) is 0.208. The standard InChI is InChI=1S/C24H20ClN3O3S/c25-16-8-2-1-5-14(16)12-32-24-27-22-21(23(31)28-24)19(13-6-3-7-15(29)11-13)20-17(26-22)9-4-10-18(20)30/h1-3,5-8,11,19,29H,4,9-10,12H2,(H2,26,27,28,31)/t19-/m0/s1. The lowest BCUT2D eigenvalue weighted by Crippen LogP contribution is -2.32. The van der Waals surface area contributed by atoms with Crippen LogP contribution in [0.1, 0.15) is 41.9 Å². The summed E-state index contributed by atoms with van der Waals surface area (Å²) in [5.41, 5.74) is 3.14. The lowest BCUT2D eigenvalue weighted by Gasteiger charge is -2.32. The molecule has 6 nitrogen and oxygen atoms in total. The van der Waals surface area contributed by atoms with Gasteiger partial charge in [-0.1, -0.05) is 53.7 Å². The van der Waals surface area contributed by atoms with E-state index < -0.39 is 5.92 Å². The molecule has 0 radical (unpaired) electrons. The van der Waals surface area contributed by atoms with Gasteiger partial charge in [-0.25, -0.2) is 4.98 Å². The van der Waals surface area contributed by atoms with Crippen molar-refractivity contribution in [3.05, 3.63) is 91.9 Å². The summed E-state index contributed by atoms with van der Waals surface area (Å²) in [5, 5.41) is 14.4. The van der Waals surface area contributed by atoms with Gasteiger partial charge in [-0.15, -0.1) is 0 Å². The Kier molecular flexibility index (Phi) is 5.53. The predicted molar refractivity (Wildman–Crippen MR) is 125 cm³/mol. The number of aromatic nitrogens is 2. The number of carbonyl (C=O) groups is 1. The third-order valence-electron chi connectivity index (χ3n) is 5.76. The predicted octanol–water partition coefficient (Wildman–Crippen LogP) is 4.99. The maximum atomic E-state index is 13.2. The second kappa shape index (κ2) is 8.48. The minimum atomic E-state index is -0.569. The van der Waals surface area contributed by atoms with E-state index in [1.807, 2.05) is 30.3 Å². The number of nitrogens with zero attached hydrogens (tertiary/aromatic N) is 1. The number of aromatic amines is 1. The van der Waals surface area contributed by atoms with E-state index in [0.29, 0.717) is 51.3 Å². The molecule has 162 valence electrons. The first kappa shape index (κ1) is 20.8. The number of nitrogens with one attached hydrogen (secondary N) is 2. The summed E-state index contributed by atoms with van der Waals surface area (Å²) in [7, 11) is 0. The first-order valence-corrected chi connectivity index (χ1v) is 11.7. The summed E-state index contributed by atoms with van der Waals surface area (Å²) in [6.07, 6.45) is 1.92. The maximum absolute atomic E-state index is 13.2. The van der Waals surface area contributed by atoms with Crippen LogP contribution in [-0.2, 0) is 10.5 Å². The van der Waals surface area contributed by atoms with E-state index in [2.05, 4.69) is 15.3 Å². The van der Waals surface area contributed by atoms with E-state index in [9.17, 15) is 14.7 Å². The summed E-state index contributed by atoms with van der Waals surface area (Å²) in [5.74, 6) is 0.555. The van der Waals surface area contributed by atoms with E-state index in [4.69, 9.17) is 11.6 Å². The molecule has 2 heterocycles. The van der Waals surface area contributed by atoms with Crippen molar-refractivity contribution in [3.8, 4) is 5.75 Å². The molecule has 1 atom stereocenters. The van der Waals surface area contributed by atoms with Crippen LogP contribution in [0.2, 0.25) is 5.02 Å². The summed E-state index contributed by atoms with van der Waals surface area (Å²) < 4.78 is 0. The largest absolute Gasteiger partial charge is 0.508 e. The lowest BCUT2D eigenvalue weighted by atomic mass is 9.76. The van der Waals surface area contributed by atoms with Gasteiger partial charge in [-0.3, -0.25) is 9.59 Å². The van der Waals surface area contributed by atoms with Gasteiger partial charge in [0.15, 0.2) is 10.9 Å². The van der Waals surface area contributed by atoms with E-state index in [1.165, 1.54) is 11.8 Å². The summed E-state index contributed by atoms with van der Waals surface area (Å²) in [6.45, 7) is 0. The Morgan fingerprint density at radius 3 is 2.78 bits per heavy atom. The van der Waals surface area contributed by atoms with E-state index in [-0.39, 0.29) is 17.1 Å². The number of thioether (sulfide) groups is 1. The molecule has 3 N–H and O–H groups in total. The van der Waals surface area contributed by atoms with Crippen molar-refractivity contribution in [3.63, 3.8) is 0 Å². The lowest BCUT2D eigenvalue weighted by molar-refractivity contribution is -0.116. The summed E-state index contributed by atoms with van der Waals surface area (Å²) in [6, 6.07) is 14.3. The zero-order chi connectivity index (χ0) is 22.2. The van der Waals surface area contributed by atoms with Crippen LogP contribution < -0.4 is 10.9 Å². The zero-order valence-corrected chi connectivity index (χ0v) is 18.6. The fourth-order valence-electron chi connectivity index (χ4n) is 4.31. The van der Waals surface area contributed by atoms with Crippen LogP contribution in [0, 0.1) is 0 Å². The van der Waals surface area contributed by atoms with E-state index in [1.54, 1.807) is 18.2 Å². The van der Waals surface area contributed by atoms with E-state index >= 15 is 0 Å². The Morgan fingerprint density at radius 1 is 1.12 bits per heavy atom. The van der Waals surface area contributed by atoms with Gasteiger partial charge in [0.1, 0.15) is 11.6 Å². The SMILES string of the molecule is O=C1CCCC2=C1[C@H](c1cccc(O)c1)c1c(nc(SCc3ccccc3Cl)[nH]c1=O)N2. The molecule has 3 aromatic rings. The smallest absolute Gasteiger partial charge is 0.257 e. The molecule has 0 unspecified atom stereocenters. The highest BCUT2D eigenvalue weighted by Crippen LogP contribution is 2.44.